The maximum atomic E-state index is 12.5. The van der Waals surface area contributed by atoms with Crippen LogP contribution in [0.2, 0.25) is 0 Å². The Morgan fingerprint density at radius 2 is 2.04 bits per heavy atom. The topological polar surface area (TPSA) is 59.8 Å². The fraction of sp³-hybridized carbons (Fsp3) is 0.211. The second-order valence-electron chi connectivity index (χ2n) is 5.58. The summed E-state index contributed by atoms with van der Waals surface area (Å²) in [5, 5.41) is 3.00. The predicted molar refractivity (Wildman–Crippen MR) is 92.7 cm³/mol. The molecule has 3 rings (SSSR count). The van der Waals surface area contributed by atoms with E-state index in [2.05, 4.69) is 15.3 Å². The molecule has 0 bridgehead atoms. The zero-order valence-electron chi connectivity index (χ0n) is 13.6. The molecule has 5 heteroatoms. The second kappa shape index (κ2) is 7.55. The van der Waals surface area contributed by atoms with Gasteiger partial charge < -0.3 is 5.32 Å². The highest BCUT2D eigenvalue weighted by atomic mass is 16.1. The van der Waals surface area contributed by atoms with Crippen LogP contribution in [0.5, 0.6) is 0 Å². The third kappa shape index (κ3) is 3.68. The fourth-order valence-electron chi connectivity index (χ4n) is 2.64. The Balaban J connectivity index is 1.61. The van der Waals surface area contributed by atoms with E-state index in [1.165, 1.54) is 0 Å². The van der Waals surface area contributed by atoms with Gasteiger partial charge in [-0.3, -0.25) is 9.36 Å². The number of pyridine rings is 1. The van der Waals surface area contributed by atoms with Crippen LogP contribution in [0, 0.1) is 0 Å². The molecule has 1 aromatic carbocycles. The van der Waals surface area contributed by atoms with Crippen molar-refractivity contribution in [3.8, 4) is 5.82 Å². The summed E-state index contributed by atoms with van der Waals surface area (Å²) in [7, 11) is 0. The van der Waals surface area contributed by atoms with Gasteiger partial charge in [0.15, 0.2) is 0 Å². The first-order valence-electron chi connectivity index (χ1n) is 8.04. The zero-order chi connectivity index (χ0) is 16.8. The maximum absolute atomic E-state index is 12.5. The lowest BCUT2D eigenvalue weighted by molar-refractivity contribution is -0.122. The van der Waals surface area contributed by atoms with Crippen molar-refractivity contribution < 1.29 is 4.79 Å². The van der Waals surface area contributed by atoms with Gasteiger partial charge in [-0.15, -0.1) is 0 Å². The van der Waals surface area contributed by atoms with Gasteiger partial charge in [-0.25, -0.2) is 9.97 Å². The predicted octanol–water partition coefficient (Wildman–Crippen LogP) is 3.08. The Labute approximate surface area is 141 Å². The number of hydrogen-bond donors (Lipinski definition) is 1. The number of hydrogen-bond acceptors (Lipinski definition) is 3. The van der Waals surface area contributed by atoms with Crippen molar-refractivity contribution in [3.05, 3.63) is 78.5 Å². The summed E-state index contributed by atoms with van der Waals surface area (Å²) in [6.45, 7) is 2.50. The monoisotopic (exact) mass is 320 g/mol. The molecule has 2 heterocycles. The maximum Gasteiger partial charge on any atom is 0.227 e. The van der Waals surface area contributed by atoms with Crippen molar-refractivity contribution in [2.75, 3.05) is 0 Å². The molecule has 122 valence electrons. The number of aromatic nitrogens is 3. The van der Waals surface area contributed by atoms with Gasteiger partial charge in [0.05, 0.1) is 5.92 Å². The van der Waals surface area contributed by atoms with Gasteiger partial charge >= 0.3 is 0 Å². The standard InChI is InChI=1S/C19H20N4O/c1-2-17(16-6-4-3-5-7-16)19(24)22-13-15-8-9-18(21-12-15)23-11-10-20-14-23/h3-12,14,17H,2,13H2,1H3,(H,22,24). The molecular formula is C19H20N4O. The van der Waals surface area contributed by atoms with Gasteiger partial charge in [0.25, 0.3) is 0 Å². The molecule has 0 aliphatic rings. The van der Waals surface area contributed by atoms with Crippen LogP contribution in [0.25, 0.3) is 5.82 Å². The van der Waals surface area contributed by atoms with Crippen LogP contribution >= 0.6 is 0 Å². The smallest absolute Gasteiger partial charge is 0.227 e. The Hall–Kier alpha value is -2.95. The molecule has 0 aliphatic carbocycles. The summed E-state index contributed by atoms with van der Waals surface area (Å²) in [6.07, 6.45) is 7.81. The first-order chi connectivity index (χ1) is 11.8. The second-order valence-corrected chi connectivity index (χ2v) is 5.58. The molecule has 0 spiro atoms. The van der Waals surface area contributed by atoms with Crippen molar-refractivity contribution in [2.45, 2.75) is 25.8 Å². The first-order valence-corrected chi connectivity index (χ1v) is 8.04. The lowest BCUT2D eigenvalue weighted by Crippen LogP contribution is -2.28. The van der Waals surface area contributed by atoms with E-state index in [4.69, 9.17) is 0 Å². The number of imidazole rings is 1. The van der Waals surface area contributed by atoms with Crippen LogP contribution in [0.3, 0.4) is 0 Å². The van der Waals surface area contributed by atoms with E-state index in [1.54, 1.807) is 18.7 Å². The molecule has 1 atom stereocenters. The highest BCUT2D eigenvalue weighted by molar-refractivity contribution is 5.83. The van der Waals surface area contributed by atoms with E-state index in [9.17, 15) is 4.79 Å². The summed E-state index contributed by atoms with van der Waals surface area (Å²) in [6, 6.07) is 13.8. The molecule has 5 nitrogen and oxygen atoms in total. The summed E-state index contributed by atoms with van der Waals surface area (Å²) in [5.41, 5.74) is 2.02. The third-order valence-corrected chi connectivity index (χ3v) is 3.97. The van der Waals surface area contributed by atoms with E-state index >= 15 is 0 Å². The molecule has 0 radical (unpaired) electrons. The van der Waals surface area contributed by atoms with E-state index in [0.717, 1.165) is 23.4 Å². The van der Waals surface area contributed by atoms with Gasteiger partial charge in [-0.05, 0) is 23.6 Å². The van der Waals surface area contributed by atoms with Crippen molar-refractivity contribution in [2.24, 2.45) is 0 Å². The lowest BCUT2D eigenvalue weighted by atomic mass is 9.95. The van der Waals surface area contributed by atoms with Gasteiger partial charge in [0.1, 0.15) is 12.1 Å². The van der Waals surface area contributed by atoms with Crippen molar-refractivity contribution in [3.63, 3.8) is 0 Å². The molecule has 0 fully saturated rings. The number of carbonyl (C=O) groups excluding carboxylic acids is 1. The summed E-state index contributed by atoms with van der Waals surface area (Å²) in [5.74, 6) is 0.727. The number of rotatable bonds is 6. The number of amides is 1. The first kappa shape index (κ1) is 15.9. The van der Waals surface area contributed by atoms with Gasteiger partial charge in [-0.1, -0.05) is 43.3 Å². The van der Waals surface area contributed by atoms with Crippen molar-refractivity contribution >= 4 is 5.91 Å². The number of nitrogens with one attached hydrogen (secondary N) is 1. The van der Waals surface area contributed by atoms with E-state index in [1.807, 2.05) is 60.2 Å². The average molecular weight is 320 g/mol. The molecule has 3 aromatic rings. The Bertz CT molecular complexity index is 767. The molecule has 0 aliphatic heterocycles. The minimum atomic E-state index is -0.121. The zero-order valence-corrected chi connectivity index (χ0v) is 13.6. The van der Waals surface area contributed by atoms with Crippen LogP contribution in [-0.2, 0) is 11.3 Å². The Morgan fingerprint density at radius 1 is 1.21 bits per heavy atom. The van der Waals surface area contributed by atoms with E-state index < -0.39 is 0 Å². The average Bonchev–Trinajstić information content (AvgIpc) is 3.17. The highest BCUT2D eigenvalue weighted by Gasteiger charge is 2.17. The number of nitrogens with zero attached hydrogens (tertiary/aromatic N) is 3. The summed E-state index contributed by atoms with van der Waals surface area (Å²) < 4.78 is 1.84. The van der Waals surface area contributed by atoms with E-state index in [-0.39, 0.29) is 11.8 Å². The third-order valence-electron chi connectivity index (χ3n) is 3.97. The minimum absolute atomic E-state index is 0.0439. The SMILES string of the molecule is CCC(C(=O)NCc1ccc(-n2ccnc2)nc1)c1ccccc1. The van der Waals surface area contributed by atoms with Crippen LogP contribution in [0.15, 0.2) is 67.4 Å². The van der Waals surface area contributed by atoms with Crippen LogP contribution < -0.4 is 5.32 Å². The molecule has 1 unspecified atom stereocenters. The molecule has 0 saturated heterocycles. The largest absolute Gasteiger partial charge is 0.351 e. The van der Waals surface area contributed by atoms with Gasteiger partial charge in [0.2, 0.25) is 5.91 Å². The van der Waals surface area contributed by atoms with E-state index in [0.29, 0.717) is 6.54 Å². The molecule has 1 N–H and O–H groups in total. The number of benzene rings is 1. The van der Waals surface area contributed by atoms with Crippen LogP contribution in [0.1, 0.15) is 30.4 Å². The summed E-state index contributed by atoms with van der Waals surface area (Å²) in [4.78, 5) is 20.9. The Morgan fingerprint density at radius 3 is 2.67 bits per heavy atom. The van der Waals surface area contributed by atoms with Crippen molar-refractivity contribution in [1.29, 1.82) is 0 Å². The quantitative estimate of drug-likeness (QED) is 0.759. The van der Waals surface area contributed by atoms with Crippen LogP contribution in [0.4, 0.5) is 0 Å². The molecular weight excluding hydrogens is 300 g/mol. The lowest BCUT2D eigenvalue weighted by Gasteiger charge is -2.15. The number of carbonyl (C=O) groups is 1. The minimum Gasteiger partial charge on any atom is -0.351 e. The summed E-state index contributed by atoms with van der Waals surface area (Å²) >= 11 is 0. The highest BCUT2D eigenvalue weighted by Crippen LogP contribution is 2.19. The molecule has 2 aromatic heterocycles. The molecule has 24 heavy (non-hydrogen) atoms. The van der Waals surface area contributed by atoms with Gasteiger partial charge in [0, 0.05) is 25.1 Å². The van der Waals surface area contributed by atoms with Gasteiger partial charge in [-0.2, -0.15) is 0 Å². The normalized spacial score (nSPS) is 11.9. The van der Waals surface area contributed by atoms with Crippen molar-refractivity contribution in [1.82, 2.24) is 19.9 Å². The fourth-order valence-corrected chi connectivity index (χ4v) is 2.64. The molecule has 0 saturated carbocycles. The Kier molecular flexibility index (Phi) is 5.01. The molecule has 1 amide bonds. The van der Waals surface area contributed by atoms with Crippen LogP contribution in [-0.4, -0.2) is 20.4 Å².